The van der Waals surface area contributed by atoms with E-state index < -0.39 is 0 Å². The number of ether oxygens (including phenoxy) is 1. The molecule has 0 aliphatic rings. The summed E-state index contributed by atoms with van der Waals surface area (Å²) in [5, 5.41) is 12.7. The van der Waals surface area contributed by atoms with E-state index in [4.69, 9.17) is 27.3 Å². The van der Waals surface area contributed by atoms with Crippen LogP contribution >= 0.6 is 11.6 Å². The van der Waals surface area contributed by atoms with Crippen LogP contribution in [0, 0.1) is 11.3 Å². The van der Waals surface area contributed by atoms with Crippen LogP contribution in [0.25, 0.3) is 0 Å². The van der Waals surface area contributed by atoms with Crippen molar-refractivity contribution in [3.8, 4) is 11.8 Å². The van der Waals surface area contributed by atoms with Crippen LogP contribution in [0.1, 0.15) is 5.56 Å². The smallest absolute Gasteiger partial charge is 0.121 e. The lowest BCUT2D eigenvalue weighted by atomic mass is 10.2. The molecule has 0 unspecified atom stereocenters. The third-order valence-electron chi connectivity index (χ3n) is 2.63. The molecule has 0 aliphatic heterocycles. The first kappa shape index (κ1) is 14.2. The van der Waals surface area contributed by atoms with Crippen LogP contribution in [-0.4, -0.2) is 13.2 Å². The highest BCUT2D eigenvalue weighted by molar-refractivity contribution is 6.32. The summed E-state index contributed by atoms with van der Waals surface area (Å²) in [7, 11) is 0. The van der Waals surface area contributed by atoms with E-state index in [0.717, 1.165) is 11.4 Å². The lowest BCUT2D eigenvalue weighted by molar-refractivity contribution is 0.328. The number of hydrogen-bond donors (Lipinski definition) is 2. The molecule has 2 aromatic rings. The van der Waals surface area contributed by atoms with Crippen LogP contribution in [-0.2, 0) is 0 Å². The summed E-state index contributed by atoms with van der Waals surface area (Å²) in [6, 6.07) is 14.8. The van der Waals surface area contributed by atoms with Gasteiger partial charge in [-0.05, 0) is 24.3 Å². The van der Waals surface area contributed by atoms with E-state index in [1.807, 2.05) is 24.3 Å². The van der Waals surface area contributed by atoms with Gasteiger partial charge >= 0.3 is 0 Å². The van der Waals surface area contributed by atoms with Gasteiger partial charge in [-0.15, -0.1) is 0 Å². The predicted molar refractivity (Wildman–Crippen MR) is 80.4 cm³/mol. The minimum absolute atomic E-state index is 0.419. The Kier molecular flexibility index (Phi) is 4.83. The molecule has 0 heterocycles. The zero-order valence-electron chi connectivity index (χ0n) is 10.8. The van der Waals surface area contributed by atoms with Crippen molar-refractivity contribution in [1.29, 1.82) is 5.26 Å². The molecule has 4 nitrogen and oxygen atoms in total. The molecule has 3 N–H and O–H groups in total. The highest BCUT2D eigenvalue weighted by atomic mass is 35.5. The Balaban J connectivity index is 2.22. The Labute approximate surface area is 122 Å². The first-order valence-corrected chi connectivity index (χ1v) is 6.51. The summed E-state index contributed by atoms with van der Waals surface area (Å²) in [6.45, 7) is 0.925. The maximum Gasteiger partial charge on any atom is 0.121 e. The first-order chi connectivity index (χ1) is 9.74. The molecule has 0 bridgehead atoms. The molecule has 0 saturated carbocycles. The van der Waals surface area contributed by atoms with E-state index in [0.29, 0.717) is 29.4 Å². The molecule has 2 rings (SSSR count). The highest BCUT2D eigenvalue weighted by Gasteiger charge is 2.06. The summed E-state index contributed by atoms with van der Waals surface area (Å²) in [5.74, 6) is 0.723. The molecule has 0 saturated heterocycles. The summed E-state index contributed by atoms with van der Waals surface area (Å²) < 4.78 is 5.46. The highest BCUT2D eigenvalue weighted by Crippen LogP contribution is 2.27. The van der Waals surface area contributed by atoms with Gasteiger partial charge in [0.05, 0.1) is 16.3 Å². The van der Waals surface area contributed by atoms with Gasteiger partial charge in [0.25, 0.3) is 0 Å². The first-order valence-electron chi connectivity index (χ1n) is 6.13. The second-order valence-corrected chi connectivity index (χ2v) is 4.47. The van der Waals surface area contributed by atoms with Crippen LogP contribution < -0.4 is 15.8 Å². The van der Waals surface area contributed by atoms with E-state index in [1.54, 1.807) is 18.2 Å². The molecule has 0 spiro atoms. The number of nitrogens with one attached hydrogen (secondary N) is 1. The molecule has 102 valence electrons. The molecular formula is C15H14ClN3O. The second-order valence-electron chi connectivity index (χ2n) is 4.06. The van der Waals surface area contributed by atoms with Crippen molar-refractivity contribution in [3.63, 3.8) is 0 Å². The fourth-order valence-corrected chi connectivity index (χ4v) is 1.95. The summed E-state index contributed by atoms with van der Waals surface area (Å²) in [5.41, 5.74) is 7.30. The van der Waals surface area contributed by atoms with E-state index in [-0.39, 0.29) is 0 Å². The van der Waals surface area contributed by atoms with E-state index >= 15 is 0 Å². The van der Waals surface area contributed by atoms with Crippen LogP contribution in [0.15, 0.2) is 42.5 Å². The van der Waals surface area contributed by atoms with Crippen LogP contribution in [0.4, 0.5) is 11.4 Å². The lowest BCUT2D eigenvalue weighted by Crippen LogP contribution is -2.10. The third-order valence-corrected chi connectivity index (χ3v) is 2.94. The quantitative estimate of drug-likeness (QED) is 0.885. The van der Waals surface area contributed by atoms with Gasteiger partial charge in [-0.25, -0.2) is 0 Å². The van der Waals surface area contributed by atoms with Gasteiger partial charge in [0.1, 0.15) is 18.4 Å². The van der Waals surface area contributed by atoms with Crippen molar-refractivity contribution < 1.29 is 4.74 Å². The molecule has 0 aromatic heterocycles. The minimum Gasteiger partial charge on any atom is -0.492 e. The number of benzene rings is 2. The molecule has 0 aliphatic carbocycles. The number of hydrogen-bond acceptors (Lipinski definition) is 4. The summed E-state index contributed by atoms with van der Waals surface area (Å²) in [6.07, 6.45) is 0. The maximum atomic E-state index is 9.13. The Morgan fingerprint density at radius 3 is 2.80 bits per heavy atom. The molecule has 0 radical (unpaired) electrons. The minimum atomic E-state index is 0.419. The van der Waals surface area contributed by atoms with Gasteiger partial charge in [-0.1, -0.05) is 23.7 Å². The second kappa shape index (κ2) is 6.80. The number of halogens is 1. The van der Waals surface area contributed by atoms with Crippen LogP contribution in [0.5, 0.6) is 5.75 Å². The van der Waals surface area contributed by atoms with Gasteiger partial charge in [0, 0.05) is 18.3 Å². The zero-order chi connectivity index (χ0) is 14.4. The maximum absolute atomic E-state index is 9.13. The molecular weight excluding hydrogens is 274 g/mol. The topological polar surface area (TPSA) is 71.1 Å². The predicted octanol–water partition coefficient (Wildman–Crippen LogP) is 3.29. The Hall–Kier alpha value is -2.22. The van der Waals surface area contributed by atoms with Crippen molar-refractivity contribution in [2.45, 2.75) is 0 Å². The Morgan fingerprint density at radius 2 is 2.05 bits per heavy atom. The number of nitrogens with two attached hydrogens (primary N) is 1. The molecule has 5 heteroatoms. The number of rotatable bonds is 5. The molecule has 2 aromatic carbocycles. The summed E-state index contributed by atoms with van der Waals surface area (Å²) in [4.78, 5) is 0. The summed E-state index contributed by atoms with van der Waals surface area (Å²) >= 11 is 5.99. The normalized spacial score (nSPS) is 9.85. The lowest BCUT2D eigenvalue weighted by Gasteiger charge is -2.11. The number of nitriles is 1. The third kappa shape index (κ3) is 3.41. The monoisotopic (exact) mass is 287 g/mol. The fourth-order valence-electron chi connectivity index (χ4n) is 1.74. The van der Waals surface area contributed by atoms with Crippen LogP contribution in [0.2, 0.25) is 5.02 Å². The van der Waals surface area contributed by atoms with Crippen molar-refractivity contribution in [2.75, 3.05) is 18.5 Å². The van der Waals surface area contributed by atoms with Gasteiger partial charge in [0.2, 0.25) is 0 Å². The Morgan fingerprint density at radius 1 is 1.25 bits per heavy atom. The van der Waals surface area contributed by atoms with E-state index in [1.165, 1.54) is 0 Å². The Bertz CT molecular complexity index is 637. The molecule has 0 fully saturated rings. The largest absolute Gasteiger partial charge is 0.492 e. The number of anilines is 2. The molecule has 20 heavy (non-hydrogen) atoms. The zero-order valence-corrected chi connectivity index (χ0v) is 11.5. The average Bonchev–Trinajstić information content (AvgIpc) is 2.46. The van der Waals surface area contributed by atoms with Gasteiger partial charge in [-0.2, -0.15) is 5.26 Å². The average molecular weight is 288 g/mol. The van der Waals surface area contributed by atoms with Crippen molar-refractivity contribution >= 4 is 23.0 Å². The van der Waals surface area contributed by atoms with Crippen molar-refractivity contribution in [2.24, 2.45) is 5.73 Å². The molecule has 0 amide bonds. The van der Waals surface area contributed by atoms with E-state index in [2.05, 4.69) is 11.4 Å². The standard InChI is InChI=1S/C15H14ClN3O/c16-14-5-2-6-15(13(14)10-18)19-11-3-1-4-12(9-11)20-8-7-17/h1-6,9,19H,7-8,17H2. The van der Waals surface area contributed by atoms with E-state index in [9.17, 15) is 0 Å². The van der Waals surface area contributed by atoms with Crippen molar-refractivity contribution in [1.82, 2.24) is 0 Å². The SMILES string of the molecule is N#Cc1c(Cl)cccc1Nc1cccc(OCCN)c1. The molecule has 0 atom stereocenters. The van der Waals surface area contributed by atoms with Gasteiger partial charge in [0.15, 0.2) is 0 Å². The van der Waals surface area contributed by atoms with Gasteiger partial charge < -0.3 is 15.8 Å². The van der Waals surface area contributed by atoms with Crippen molar-refractivity contribution in [3.05, 3.63) is 53.1 Å². The number of nitrogens with zero attached hydrogens (tertiary/aromatic N) is 1. The van der Waals surface area contributed by atoms with Crippen LogP contribution in [0.3, 0.4) is 0 Å². The fraction of sp³-hybridized carbons (Fsp3) is 0.133. The van der Waals surface area contributed by atoms with Gasteiger partial charge in [-0.3, -0.25) is 0 Å².